The molecular formula is C22H24N4O5. The molecule has 0 saturated carbocycles. The molecular weight excluding hydrogens is 400 g/mol. The van der Waals surface area contributed by atoms with Crippen LogP contribution in [0.25, 0.3) is 0 Å². The Labute approximate surface area is 179 Å². The summed E-state index contributed by atoms with van der Waals surface area (Å²) in [5, 5.41) is 5.06. The number of nitrogens with zero attached hydrogens (tertiary/aromatic N) is 2. The van der Waals surface area contributed by atoms with Gasteiger partial charge in [0.2, 0.25) is 0 Å². The van der Waals surface area contributed by atoms with Gasteiger partial charge in [-0.05, 0) is 42.8 Å². The second kappa shape index (κ2) is 7.12. The number of benzene rings is 1. The van der Waals surface area contributed by atoms with Gasteiger partial charge in [-0.2, -0.15) is 0 Å². The Hall–Kier alpha value is -3.33. The summed E-state index contributed by atoms with van der Waals surface area (Å²) in [6.07, 6.45) is 1.53. The molecule has 1 aromatic carbocycles. The van der Waals surface area contributed by atoms with Crippen molar-refractivity contribution in [3.8, 4) is 5.75 Å². The summed E-state index contributed by atoms with van der Waals surface area (Å²) in [5.41, 5.74) is 0.964. The van der Waals surface area contributed by atoms with Gasteiger partial charge in [0.25, 0.3) is 11.8 Å². The number of urea groups is 1. The number of hydrogen-bond donors (Lipinski definition) is 2. The lowest BCUT2D eigenvalue weighted by atomic mass is 9.94. The van der Waals surface area contributed by atoms with E-state index in [1.54, 1.807) is 24.1 Å². The van der Waals surface area contributed by atoms with Crippen molar-refractivity contribution in [2.24, 2.45) is 0 Å². The smallest absolute Gasteiger partial charge is 0.322 e. The molecule has 0 bridgehead atoms. The first-order chi connectivity index (χ1) is 14.9. The molecule has 162 valence electrons. The van der Waals surface area contributed by atoms with Crippen molar-refractivity contribution in [3.63, 3.8) is 0 Å². The average molecular weight is 424 g/mol. The van der Waals surface area contributed by atoms with Gasteiger partial charge in [0, 0.05) is 31.6 Å². The molecule has 3 aliphatic rings. The Kier molecular flexibility index (Phi) is 4.51. The van der Waals surface area contributed by atoms with Crippen LogP contribution in [0, 0.1) is 0 Å². The van der Waals surface area contributed by atoms with E-state index in [1.165, 1.54) is 0 Å². The van der Waals surface area contributed by atoms with Crippen LogP contribution in [0.2, 0.25) is 0 Å². The van der Waals surface area contributed by atoms with E-state index >= 15 is 0 Å². The van der Waals surface area contributed by atoms with Crippen LogP contribution < -0.4 is 15.4 Å². The predicted molar refractivity (Wildman–Crippen MR) is 110 cm³/mol. The van der Waals surface area contributed by atoms with Gasteiger partial charge in [0.15, 0.2) is 5.54 Å². The molecule has 1 fully saturated rings. The lowest BCUT2D eigenvalue weighted by Gasteiger charge is -2.29. The van der Waals surface area contributed by atoms with E-state index in [0.29, 0.717) is 23.6 Å². The number of furan rings is 1. The largest absolute Gasteiger partial charge is 0.497 e. The monoisotopic (exact) mass is 424 g/mol. The van der Waals surface area contributed by atoms with E-state index in [4.69, 9.17) is 9.15 Å². The van der Waals surface area contributed by atoms with Gasteiger partial charge in [0.05, 0.1) is 13.7 Å². The van der Waals surface area contributed by atoms with Crippen LogP contribution in [0.15, 0.2) is 28.7 Å². The molecule has 0 radical (unpaired) electrons. The Morgan fingerprint density at radius 3 is 2.68 bits per heavy atom. The lowest BCUT2D eigenvalue weighted by molar-refractivity contribution is -0.125. The first-order valence-electron chi connectivity index (χ1n) is 10.3. The summed E-state index contributed by atoms with van der Waals surface area (Å²) in [6, 6.07) is 6.61. The molecule has 4 heterocycles. The summed E-state index contributed by atoms with van der Waals surface area (Å²) >= 11 is 0. The van der Waals surface area contributed by atoms with Crippen LogP contribution in [0.5, 0.6) is 5.75 Å². The number of nitrogens with one attached hydrogen (secondary N) is 2. The number of methoxy groups -OCH3 is 1. The van der Waals surface area contributed by atoms with Crippen LogP contribution in [0.1, 0.15) is 33.0 Å². The van der Waals surface area contributed by atoms with E-state index < -0.39 is 17.5 Å². The van der Waals surface area contributed by atoms with E-state index in [9.17, 15) is 14.4 Å². The van der Waals surface area contributed by atoms with Gasteiger partial charge in [0.1, 0.15) is 17.3 Å². The minimum absolute atomic E-state index is 0.0211. The van der Waals surface area contributed by atoms with Crippen molar-refractivity contribution >= 4 is 17.8 Å². The van der Waals surface area contributed by atoms with Crippen LogP contribution in [-0.4, -0.2) is 61.4 Å². The molecule has 1 atom stereocenters. The molecule has 9 nitrogen and oxygen atoms in total. The molecule has 1 aromatic heterocycles. The minimum Gasteiger partial charge on any atom is -0.497 e. The maximum Gasteiger partial charge on any atom is 0.322 e. The highest BCUT2D eigenvalue weighted by molar-refractivity contribution is 6.08. The fourth-order valence-electron chi connectivity index (χ4n) is 4.55. The van der Waals surface area contributed by atoms with Gasteiger partial charge in [-0.25, -0.2) is 4.79 Å². The Morgan fingerprint density at radius 2 is 1.94 bits per heavy atom. The summed E-state index contributed by atoms with van der Waals surface area (Å²) < 4.78 is 11.4. The molecule has 3 aliphatic heterocycles. The van der Waals surface area contributed by atoms with Crippen molar-refractivity contribution in [2.45, 2.75) is 24.9 Å². The SMILES string of the molecule is COc1ccc2c(c1)C(=O)N(C[C@@]1(c3cc4c(o3)CCN(C)CC4)NC(=O)NC1=O)C2. The molecule has 31 heavy (non-hydrogen) atoms. The zero-order valence-electron chi connectivity index (χ0n) is 17.5. The molecule has 5 rings (SSSR count). The Balaban J connectivity index is 1.49. The highest BCUT2D eigenvalue weighted by Gasteiger charge is 2.53. The number of amides is 4. The van der Waals surface area contributed by atoms with E-state index in [1.807, 2.05) is 12.1 Å². The number of fused-ring (bicyclic) bond motifs is 2. The Bertz CT molecular complexity index is 1070. The molecule has 4 amide bonds. The maximum atomic E-state index is 13.1. The van der Waals surface area contributed by atoms with Gasteiger partial charge >= 0.3 is 6.03 Å². The molecule has 0 spiro atoms. The highest BCUT2D eigenvalue weighted by Crippen LogP contribution is 2.35. The van der Waals surface area contributed by atoms with Crippen molar-refractivity contribution in [1.82, 2.24) is 20.4 Å². The molecule has 2 aromatic rings. The fourth-order valence-corrected chi connectivity index (χ4v) is 4.55. The highest BCUT2D eigenvalue weighted by atomic mass is 16.5. The standard InChI is InChI=1S/C22H24N4O5/c1-25-7-5-13-9-18(31-17(13)6-8-25)22(20(28)23-21(29)24-22)12-26-11-14-3-4-15(30-2)10-16(14)19(26)27/h3-4,9-10H,5-8,11-12H2,1-2H3,(H2,23,24,28,29)/t22-/m0/s1. The number of imide groups is 1. The van der Waals surface area contributed by atoms with Gasteiger partial charge in [-0.15, -0.1) is 0 Å². The molecule has 2 N–H and O–H groups in total. The summed E-state index contributed by atoms with van der Waals surface area (Å²) in [4.78, 5) is 42.0. The Morgan fingerprint density at radius 1 is 1.13 bits per heavy atom. The molecule has 9 heteroatoms. The van der Waals surface area contributed by atoms with Gasteiger partial charge < -0.3 is 24.3 Å². The zero-order valence-corrected chi connectivity index (χ0v) is 17.5. The molecule has 0 aliphatic carbocycles. The maximum absolute atomic E-state index is 13.1. The van der Waals surface area contributed by atoms with E-state index in [0.717, 1.165) is 42.8 Å². The van der Waals surface area contributed by atoms with Crippen LogP contribution in [0.4, 0.5) is 4.79 Å². The lowest BCUT2D eigenvalue weighted by Crippen LogP contribution is -2.52. The van der Waals surface area contributed by atoms with Gasteiger partial charge in [-0.1, -0.05) is 6.07 Å². The van der Waals surface area contributed by atoms with Crippen molar-refractivity contribution in [3.05, 3.63) is 52.5 Å². The number of likely N-dealkylation sites (N-methyl/N-ethyl adjacent to an activating group) is 1. The number of carbonyl (C=O) groups excluding carboxylic acids is 3. The topological polar surface area (TPSA) is 104 Å². The number of rotatable bonds is 4. The molecule has 1 saturated heterocycles. The van der Waals surface area contributed by atoms with E-state index in [2.05, 4.69) is 22.6 Å². The predicted octanol–water partition coefficient (Wildman–Crippen LogP) is 1.01. The summed E-state index contributed by atoms with van der Waals surface area (Å²) in [5.74, 6) is 1.06. The second-order valence-electron chi connectivity index (χ2n) is 8.36. The average Bonchev–Trinajstić information content (AvgIpc) is 3.35. The van der Waals surface area contributed by atoms with Crippen molar-refractivity contribution in [2.75, 3.05) is 33.8 Å². The van der Waals surface area contributed by atoms with Crippen LogP contribution in [-0.2, 0) is 29.7 Å². The third-order valence-corrected chi connectivity index (χ3v) is 6.37. The van der Waals surface area contributed by atoms with Crippen molar-refractivity contribution in [1.29, 1.82) is 0 Å². The summed E-state index contributed by atoms with van der Waals surface area (Å²) in [6.45, 7) is 2.06. The third kappa shape index (κ3) is 3.16. The van der Waals surface area contributed by atoms with Gasteiger partial charge in [-0.3, -0.25) is 14.9 Å². The molecule has 0 unspecified atom stereocenters. The third-order valence-electron chi connectivity index (χ3n) is 6.37. The van der Waals surface area contributed by atoms with E-state index in [-0.39, 0.29) is 12.5 Å². The second-order valence-corrected chi connectivity index (χ2v) is 8.36. The number of carbonyl (C=O) groups is 3. The first kappa shape index (κ1) is 19.6. The quantitative estimate of drug-likeness (QED) is 0.710. The summed E-state index contributed by atoms with van der Waals surface area (Å²) in [7, 11) is 3.61. The van der Waals surface area contributed by atoms with Crippen LogP contribution in [0.3, 0.4) is 0 Å². The normalized spacial score (nSPS) is 23.3. The zero-order chi connectivity index (χ0) is 21.8. The number of ether oxygens (including phenoxy) is 1. The van der Waals surface area contributed by atoms with Crippen molar-refractivity contribution < 1.29 is 23.5 Å². The van der Waals surface area contributed by atoms with Crippen LogP contribution >= 0.6 is 0 Å². The fraction of sp³-hybridized carbons (Fsp3) is 0.409. The number of hydrogen-bond acceptors (Lipinski definition) is 6. The first-order valence-corrected chi connectivity index (χ1v) is 10.3. The minimum atomic E-state index is -1.46.